The Morgan fingerprint density at radius 2 is 1.68 bits per heavy atom. The van der Waals surface area contributed by atoms with E-state index < -0.39 is 0 Å². The first-order valence-corrected chi connectivity index (χ1v) is 8.03. The van der Waals surface area contributed by atoms with Crippen LogP contribution in [0.25, 0.3) is 0 Å². The highest BCUT2D eigenvalue weighted by Crippen LogP contribution is 2.47. The Balaban J connectivity index is 1.93. The quantitative estimate of drug-likeness (QED) is 0.846. The van der Waals surface area contributed by atoms with Gasteiger partial charge < -0.3 is 15.5 Å². The fourth-order valence-corrected chi connectivity index (χ4v) is 4.01. The molecule has 0 aromatic heterocycles. The summed E-state index contributed by atoms with van der Waals surface area (Å²) in [6.45, 7) is 14.3. The van der Waals surface area contributed by atoms with Crippen LogP contribution in [0.2, 0.25) is 0 Å². The van der Waals surface area contributed by atoms with Crippen LogP contribution in [0.1, 0.15) is 40.0 Å². The van der Waals surface area contributed by atoms with Crippen molar-refractivity contribution < 1.29 is 0 Å². The first-order chi connectivity index (χ1) is 8.92. The highest BCUT2D eigenvalue weighted by Gasteiger charge is 2.49. The monoisotopic (exact) mass is 267 g/mol. The summed E-state index contributed by atoms with van der Waals surface area (Å²) in [6, 6.07) is 0. The van der Waals surface area contributed by atoms with E-state index in [0.29, 0.717) is 10.8 Å². The molecule has 0 amide bonds. The van der Waals surface area contributed by atoms with Crippen molar-refractivity contribution in [3.63, 3.8) is 0 Å². The number of piperidine rings is 1. The van der Waals surface area contributed by atoms with Gasteiger partial charge in [-0.1, -0.05) is 20.8 Å². The second-order valence-corrected chi connectivity index (χ2v) is 7.60. The molecule has 2 atom stereocenters. The number of hydrogen-bond acceptors (Lipinski definition) is 3. The van der Waals surface area contributed by atoms with Crippen LogP contribution in [-0.4, -0.2) is 56.1 Å². The van der Waals surface area contributed by atoms with Gasteiger partial charge in [-0.05, 0) is 62.7 Å². The molecule has 2 rings (SSSR count). The zero-order valence-corrected chi connectivity index (χ0v) is 13.4. The topological polar surface area (TPSA) is 32.5 Å². The fourth-order valence-electron chi connectivity index (χ4n) is 4.01. The molecule has 0 saturated carbocycles. The Morgan fingerprint density at radius 3 is 2.16 bits per heavy atom. The Kier molecular flexibility index (Phi) is 4.59. The first kappa shape index (κ1) is 15.3. The number of hydrogen-bond donors (Lipinski definition) is 1. The van der Waals surface area contributed by atoms with Crippen molar-refractivity contribution in [1.82, 2.24) is 9.80 Å². The summed E-state index contributed by atoms with van der Waals surface area (Å²) in [6.07, 6.45) is 3.98. The van der Waals surface area contributed by atoms with E-state index in [1.807, 2.05) is 0 Å². The van der Waals surface area contributed by atoms with Crippen LogP contribution >= 0.6 is 0 Å². The van der Waals surface area contributed by atoms with Gasteiger partial charge in [0.05, 0.1) is 0 Å². The molecule has 2 aliphatic heterocycles. The van der Waals surface area contributed by atoms with Crippen LogP contribution in [0.3, 0.4) is 0 Å². The molecule has 0 bridgehead atoms. The molecule has 2 saturated heterocycles. The van der Waals surface area contributed by atoms with Gasteiger partial charge in [0.15, 0.2) is 0 Å². The molecule has 0 aromatic carbocycles. The highest BCUT2D eigenvalue weighted by atomic mass is 15.2. The lowest BCUT2D eigenvalue weighted by Crippen LogP contribution is -2.42. The molecular weight excluding hydrogens is 234 g/mol. The van der Waals surface area contributed by atoms with Crippen molar-refractivity contribution in [1.29, 1.82) is 0 Å². The Morgan fingerprint density at radius 1 is 1.11 bits per heavy atom. The van der Waals surface area contributed by atoms with Gasteiger partial charge in [0.25, 0.3) is 0 Å². The predicted octanol–water partition coefficient (Wildman–Crippen LogP) is 2.03. The molecule has 0 radical (unpaired) electrons. The van der Waals surface area contributed by atoms with Gasteiger partial charge in [-0.2, -0.15) is 0 Å². The van der Waals surface area contributed by atoms with E-state index in [1.54, 1.807) is 0 Å². The van der Waals surface area contributed by atoms with Crippen molar-refractivity contribution in [2.24, 2.45) is 22.5 Å². The molecule has 19 heavy (non-hydrogen) atoms. The van der Waals surface area contributed by atoms with Crippen molar-refractivity contribution in [2.45, 2.75) is 40.0 Å². The number of nitrogens with zero attached hydrogens (tertiary/aromatic N) is 2. The van der Waals surface area contributed by atoms with E-state index in [1.165, 1.54) is 52.0 Å². The molecule has 0 unspecified atom stereocenters. The van der Waals surface area contributed by atoms with Crippen LogP contribution < -0.4 is 5.73 Å². The molecule has 112 valence electrons. The van der Waals surface area contributed by atoms with Crippen LogP contribution in [0, 0.1) is 16.7 Å². The van der Waals surface area contributed by atoms with E-state index >= 15 is 0 Å². The largest absolute Gasteiger partial charge is 0.330 e. The van der Waals surface area contributed by atoms with Gasteiger partial charge in [0, 0.05) is 19.6 Å². The van der Waals surface area contributed by atoms with Crippen LogP contribution in [-0.2, 0) is 0 Å². The summed E-state index contributed by atoms with van der Waals surface area (Å²) in [5.74, 6) is 0.900. The van der Waals surface area contributed by atoms with E-state index in [9.17, 15) is 0 Å². The van der Waals surface area contributed by atoms with Gasteiger partial charge in [-0.15, -0.1) is 0 Å². The minimum atomic E-state index is 0.299. The summed E-state index contributed by atoms with van der Waals surface area (Å²) in [4.78, 5) is 5.16. The van der Waals surface area contributed by atoms with Crippen molar-refractivity contribution in [2.75, 3.05) is 46.3 Å². The second kappa shape index (κ2) is 5.71. The molecule has 2 fully saturated rings. The van der Waals surface area contributed by atoms with Gasteiger partial charge in [-0.3, -0.25) is 0 Å². The molecule has 0 aliphatic carbocycles. The van der Waals surface area contributed by atoms with E-state index in [2.05, 4.69) is 37.6 Å². The van der Waals surface area contributed by atoms with E-state index in [0.717, 1.165) is 12.5 Å². The maximum atomic E-state index is 6.10. The van der Waals surface area contributed by atoms with Gasteiger partial charge in [0.1, 0.15) is 0 Å². The Hall–Kier alpha value is -0.120. The van der Waals surface area contributed by atoms with Crippen molar-refractivity contribution >= 4 is 0 Å². The average Bonchev–Trinajstić information content (AvgIpc) is 2.65. The third-order valence-corrected chi connectivity index (χ3v) is 6.19. The smallest absolute Gasteiger partial charge is 0.00535 e. The normalized spacial score (nSPS) is 39.0. The predicted molar refractivity (Wildman–Crippen MR) is 82.2 cm³/mol. The minimum Gasteiger partial charge on any atom is -0.330 e. The van der Waals surface area contributed by atoms with Crippen molar-refractivity contribution in [3.8, 4) is 0 Å². The Labute approximate surface area is 119 Å². The summed E-state index contributed by atoms with van der Waals surface area (Å²) in [7, 11) is 2.24. The SMILES string of the molecule is CC[C@]1(C)CN(CC2CCN(C)CC2)C[C@]1(C)CN. The number of rotatable bonds is 4. The summed E-state index contributed by atoms with van der Waals surface area (Å²) >= 11 is 0. The lowest BCUT2D eigenvalue weighted by atomic mass is 9.66. The third-order valence-electron chi connectivity index (χ3n) is 6.19. The molecule has 2 heterocycles. The summed E-state index contributed by atoms with van der Waals surface area (Å²) < 4.78 is 0. The van der Waals surface area contributed by atoms with Gasteiger partial charge in [0.2, 0.25) is 0 Å². The lowest BCUT2D eigenvalue weighted by molar-refractivity contribution is 0.138. The molecule has 2 aliphatic rings. The fraction of sp³-hybridized carbons (Fsp3) is 1.00. The first-order valence-electron chi connectivity index (χ1n) is 8.03. The highest BCUT2D eigenvalue weighted by molar-refractivity contribution is 5.02. The minimum absolute atomic E-state index is 0.299. The third kappa shape index (κ3) is 2.98. The molecule has 0 aromatic rings. The van der Waals surface area contributed by atoms with Crippen LogP contribution in [0.15, 0.2) is 0 Å². The number of nitrogens with two attached hydrogens (primary N) is 1. The zero-order chi connectivity index (χ0) is 14.1. The van der Waals surface area contributed by atoms with E-state index in [4.69, 9.17) is 5.73 Å². The van der Waals surface area contributed by atoms with Crippen LogP contribution in [0.5, 0.6) is 0 Å². The lowest BCUT2D eigenvalue weighted by Gasteiger charge is -2.38. The van der Waals surface area contributed by atoms with Crippen LogP contribution in [0.4, 0.5) is 0 Å². The molecule has 3 heteroatoms. The summed E-state index contributed by atoms with van der Waals surface area (Å²) in [5.41, 5.74) is 6.79. The van der Waals surface area contributed by atoms with Gasteiger partial charge in [-0.25, -0.2) is 0 Å². The maximum Gasteiger partial charge on any atom is 0.00535 e. The Bertz CT molecular complexity index is 280. The molecule has 2 N–H and O–H groups in total. The second-order valence-electron chi connectivity index (χ2n) is 7.60. The maximum absolute atomic E-state index is 6.10. The summed E-state index contributed by atoms with van der Waals surface area (Å²) in [5, 5.41) is 0. The number of likely N-dealkylation sites (tertiary alicyclic amines) is 2. The standard InChI is InChI=1S/C16H33N3/c1-5-15(2)12-19(13-16(15,3)11-17)10-14-6-8-18(4)9-7-14/h14H,5-13,17H2,1-4H3/t15-,16+/m1/s1. The molecule has 0 spiro atoms. The molecular formula is C16H33N3. The van der Waals surface area contributed by atoms with Crippen molar-refractivity contribution in [3.05, 3.63) is 0 Å². The van der Waals surface area contributed by atoms with Gasteiger partial charge >= 0.3 is 0 Å². The van der Waals surface area contributed by atoms with E-state index in [-0.39, 0.29) is 0 Å². The molecule has 3 nitrogen and oxygen atoms in total. The average molecular weight is 267 g/mol. The zero-order valence-electron chi connectivity index (χ0n) is 13.4.